The van der Waals surface area contributed by atoms with Gasteiger partial charge in [0.25, 0.3) is 5.91 Å². The standard InChI is InChI=1S/C22H19F4N3O3/c1-31-12-15-5-8-17(20(27)29-15)21(30)28-11-13-2-6-16(7-3-13)32-19-10-14(22(24,25)26)4-9-18(19)23/h2-10H,11-12H2,1H3,(H2,27,29)(H,28,30). The van der Waals surface area contributed by atoms with Crippen molar-refractivity contribution in [3.8, 4) is 11.5 Å². The van der Waals surface area contributed by atoms with Gasteiger partial charge in [0.05, 0.1) is 23.4 Å². The predicted octanol–water partition coefficient (Wildman–Crippen LogP) is 4.69. The molecule has 0 aliphatic rings. The van der Waals surface area contributed by atoms with Crippen LogP contribution in [0.4, 0.5) is 23.4 Å². The molecular formula is C22H19F4N3O3. The van der Waals surface area contributed by atoms with Crippen LogP contribution >= 0.6 is 0 Å². The second-order valence-corrected chi connectivity index (χ2v) is 6.74. The van der Waals surface area contributed by atoms with Crippen LogP contribution in [0.1, 0.15) is 27.2 Å². The number of rotatable bonds is 7. The Kier molecular flexibility index (Phi) is 6.94. The first-order chi connectivity index (χ1) is 15.2. The van der Waals surface area contributed by atoms with E-state index in [1.807, 2.05) is 0 Å². The van der Waals surface area contributed by atoms with Crippen LogP contribution in [0.3, 0.4) is 0 Å². The zero-order chi connectivity index (χ0) is 23.3. The Morgan fingerprint density at radius 2 is 1.81 bits per heavy atom. The van der Waals surface area contributed by atoms with Crippen LogP contribution in [0.5, 0.6) is 11.5 Å². The summed E-state index contributed by atoms with van der Waals surface area (Å²) in [7, 11) is 1.52. The minimum absolute atomic E-state index is 0.0731. The third-order valence-electron chi connectivity index (χ3n) is 4.38. The average Bonchev–Trinajstić information content (AvgIpc) is 2.74. The number of hydrogen-bond donors (Lipinski definition) is 2. The van der Waals surface area contributed by atoms with Crippen molar-refractivity contribution in [2.45, 2.75) is 19.3 Å². The Balaban J connectivity index is 1.63. The quantitative estimate of drug-likeness (QED) is 0.511. The van der Waals surface area contributed by atoms with Crippen LogP contribution < -0.4 is 15.8 Å². The summed E-state index contributed by atoms with van der Waals surface area (Å²) in [6.45, 7) is 0.418. The fourth-order valence-corrected chi connectivity index (χ4v) is 2.78. The minimum atomic E-state index is -4.61. The highest BCUT2D eigenvalue weighted by molar-refractivity contribution is 5.98. The number of anilines is 1. The molecule has 0 saturated carbocycles. The monoisotopic (exact) mass is 449 g/mol. The molecule has 0 fully saturated rings. The van der Waals surface area contributed by atoms with E-state index in [2.05, 4.69) is 10.3 Å². The number of nitrogens with two attached hydrogens (primary N) is 1. The van der Waals surface area contributed by atoms with Crippen molar-refractivity contribution >= 4 is 11.7 Å². The predicted molar refractivity (Wildman–Crippen MR) is 108 cm³/mol. The molecule has 3 aromatic rings. The minimum Gasteiger partial charge on any atom is -0.454 e. The van der Waals surface area contributed by atoms with Crippen molar-refractivity contribution in [1.29, 1.82) is 0 Å². The number of carbonyl (C=O) groups excluding carboxylic acids is 1. The Bertz CT molecular complexity index is 1100. The smallest absolute Gasteiger partial charge is 0.416 e. The van der Waals surface area contributed by atoms with Crippen molar-refractivity contribution in [3.63, 3.8) is 0 Å². The summed E-state index contributed by atoms with van der Waals surface area (Å²) in [5.74, 6) is -1.67. The lowest BCUT2D eigenvalue weighted by Crippen LogP contribution is -2.24. The molecule has 0 aliphatic carbocycles. The number of benzene rings is 2. The second kappa shape index (κ2) is 9.65. The van der Waals surface area contributed by atoms with Gasteiger partial charge in [-0.05, 0) is 48.0 Å². The molecule has 10 heteroatoms. The molecule has 1 heterocycles. The van der Waals surface area contributed by atoms with Crippen LogP contribution in [0, 0.1) is 5.82 Å². The van der Waals surface area contributed by atoms with Crippen LogP contribution in [-0.4, -0.2) is 18.0 Å². The molecular weight excluding hydrogens is 430 g/mol. The van der Waals surface area contributed by atoms with E-state index in [1.54, 1.807) is 24.3 Å². The SMILES string of the molecule is COCc1ccc(C(=O)NCc2ccc(Oc3cc(C(F)(F)F)ccc3F)cc2)c(N)n1. The highest BCUT2D eigenvalue weighted by Gasteiger charge is 2.31. The molecule has 168 valence electrons. The summed E-state index contributed by atoms with van der Waals surface area (Å²) < 4.78 is 62.5. The van der Waals surface area contributed by atoms with Gasteiger partial charge >= 0.3 is 6.18 Å². The highest BCUT2D eigenvalue weighted by atomic mass is 19.4. The lowest BCUT2D eigenvalue weighted by atomic mass is 10.2. The summed E-state index contributed by atoms with van der Waals surface area (Å²) in [5, 5.41) is 2.69. The summed E-state index contributed by atoms with van der Waals surface area (Å²) in [5.41, 5.74) is 6.29. The normalized spacial score (nSPS) is 11.3. The fourth-order valence-electron chi connectivity index (χ4n) is 2.78. The first-order valence-corrected chi connectivity index (χ1v) is 9.33. The van der Waals surface area contributed by atoms with E-state index in [0.29, 0.717) is 29.5 Å². The van der Waals surface area contributed by atoms with E-state index >= 15 is 0 Å². The number of methoxy groups -OCH3 is 1. The van der Waals surface area contributed by atoms with Gasteiger partial charge in [0.2, 0.25) is 0 Å². The van der Waals surface area contributed by atoms with Crippen LogP contribution in [0.15, 0.2) is 54.6 Å². The number of nitrogen functional groups attached to an aromatic ring is 1. The van der Waals surface area contributed by atoms with E-state index in [0.717, 1.165) is 0 Å². The maximum Gasteiger partial charge on any atom is 0.416 e. The Morgan fingerprint density at radius 3 is 2.44 bits per heavy atom. The first kappa shape index (κ1) is 23.0. The van der Waals surface area contributed by atoms with Crippen LogP contribution in [0.25, 0.3) is 0 Å². The molecule has 3 N–H and O–H groups in total. The van der Waals surface area contributed by atoms with Gasteiger partial charge in [0.1, 0.15) is 11.6 Å². The van der Waals surface area contributed by atoms with Gasteiger partial charge in [-0.15, -0.1) is 0 Å². The van der Waals surface area contributed by atoms with Crippen LogP contribution in [0.2, 0.25) is 0 Å². The number of alkyl halides is 3. The highest BCUT2D eigenvalue weighted by Crippen LogP contribution is 2.34. The molecule has 0 unspecified atom stereocenters. The van der Waals surface area contributed by atoms with Gasteiger partial charge in [-0.3, -0.25) is 4.79 Å². The third kappa shape index (κ3) is 5.73. The lowest BCUT2D eigenvalue weighted by molar-refractivity contribution is -0.137. The molecule has 0 bridgehead atoms. The molecule has 6 nitrogen and oxygen atoms in total. The summed E-state index contributed by atoms with van der Waals surface area (Å²) in [4.78, 5) is 16.4. The Morgan fingerprint density at radius 1 is 1.09 bits per heavy atom. The number of ether oxygens (including phenoxy) is 2. The molecule has 2 aromatic carbocycles. The molecule has 3 rings (SSSR count). The van der Waals surface area contributed by atoms with Crippen molar-refractivity contribution in [1.82, 2.24) is 10.3 Å². The third-order valence-corrected chi connectivity index (χ3v) is 4.38. The van der Waals surface area contributed by atoms with Gasteiger partial charge in [-0.1, -0.05) is 12.1 Å². The topological polar surface area (TPSA) is 86.5 Å². The molecule has 0 spiro atoms. The average molecular weight is 449 g/mol. The fraction of sp³-hybridized carbons (Fsp3) is 0.182. The van der Waals surface area contributed by atoms with Crippen LogP contribution in [-0.2, 0) is 24.1 Å². The Hall–Kier alpha value is -3.66. The molecule has 0 saturated heterocycles. The maximum absolute atomic E-state index is 13.8. The van der Waals surface area contributed by atoms with Gasteiger partial charge in [0.15, 0.2) is 11.6 Å². The van der Waals surface area contributed by atoms with Gasteiger partial charge in [-0.2, -0.15) is 13.2 Å². The van der Waals surface area contributed by atoms with Crippen molar-refractivity contribution in [2.75, 3.05) is 12.8 Å². The van der Waals surface area contributed by atoms with E-state index in [4.69, 9.17) is 15.2 Å². The van der Waals surface area contributed by atoms with Gasteiger partial charge < -0.3 is 20.5 Å². The molecule has 1 aromatic heterocycles. The summed E-state index contributed by atoms with van der Waals surface area (Å²) in [6.07, 6.45) is -4.61. The molecule has 1 amide bonds. The van der Waals surface area contributed by atoms with Gasteiger partial charge in [0, 0.05) is 13.7 Å². The van der Waals surface area contributed by atoms with Crippen molar-refractivity contribution in [3.05, 3.63) is 82.8 Å². The van der Waals surface area contributed by atoms with E-state index in [-0.39, 0.29) is 30.3 Å². The van der Waals surface area contributed by atoms with E-state index < -0.39 is 29.2 Å². The maximum atomic E-state index is 13.8. The van der Waals surface area contributed by atoms with Gasteiger partial charge in [-0.25, -0.2) is 9.37 Å². The largest absolute Gasteiger partial charge is 0.454 e. The zero-order valence-corrected chi connectivity index (χ0v) is 16.9. The second-order valence-electron chi connectivity index (χ2n) is 6.74. The number of amides is 1. The van der Waals surface area contributed by atoms with Crippen molar-refractivity contribution in [2.24, 2.45) is 0 Å². The number of carbonyl (C=O) groups is 1. The number of hydrogen-bond acceptors (Lipinski definition) is 5. The molecule has 32 heavy (non-hydrogen) atoms. The number of pyridine rings is 1. The molecule has 0 radical (unpaired) electrons. The first-order valence-electron chi connectivity index (χ1n) is 9.33. The number of aromatic nitrogens is 1. The summed E-state index contributed by atoms with van der Waals surface area (Å²) in [6, 6.07) is 11.2. The van der Waals surface area contributed by atoms with E-state index in [1.165, 1.54) is 19.2 Å². The number of halogens is 4. The molecule has 0 atom stereocenters. The Labute approximate surface area is 181 Å². The molecule has 0 aliphatic heterocycles. The summed E-state index contributed by atoms with van der Waals surface area (Å²) >= 11 is 0. The van der Waals surface area contributed by atoms with Crippen molar-refractivity contribution < 1.29 is 31.8 Å². The number of nitrogens with zero attached hydrogens (tertiary/aromatic N) is 1. The van der Waals surface area contributed by atoms with E-state index in [9.17, 15) is 22.4 Å². The lowest BCUT2D eigenvalue weighted by Gasteiger charge is -2.12. The zero-order valence-electron chi connectivity index (χ0n) is 16.9. The number of nitrogens with one attached hydrogen (secondary N) is 1.